The van der Waals surface area contributed by atoms with E-state index in [1.54, 1.807) is 0 Å². The maximum atomic E-state index is 4.65. The second-order valence-electron chi connectivity index (χ2n) is 4.56. The summed E-state index contributed by atoms with van der Waals surface area (Å²) in [4.78, 5) is 9.25. The molecule has 0 radical (unpaired) electrons. The molecule has 0 bridgehead atoms. The fourth-order valence-electron chi connectivity index (χ4n) is 2.26. The fourth-order valence-corrected chi connectivity index (χ4v) is 2.53. The lowest BCUT2D eigenvalue weighted by atomic mass is 10.1. The summed E-state index contributed by atoms with van der Waals surface area (Å²) < 4.78 is 1.10. The molecule has 2 aromatic rings. The quantitative estimate of drug-likeness (QED) is 0.927. The van der Waals surface area contributed by atoms with Crippen LogP contribution in [0.2, 0.25) is 0 Å². The number of aryl methyl sites for hydroxylation is 1. The third kappa shape index (κ3) is 2.31. The van der Waals surface area contributed by atoms with Gasteiger partial charge in [0.15, 0.2) is 0 Å². The number of aromatic nitrogens is 2. The third-order valence-corrected chi connectivity index (χ3v) is 3.74. The molecule has 92 valence electrons. The molecule has 3 rings (SSSR count). The predicted octanol–water partition coefficient (Wildman–Crippen LogP) is 2.74. The SMILES string of the molecule is Cc1nc(Cc2ccc(Br)cc2)nc2c1CNC2. The number of rotatable bonds is 2. The van der Waals surface area contributed by atoms with E-state index in [1.807, 2.05) is 0 Å². The summed E-state index contributed by atoms with van der Waals surface area (Å²) in [5, 5.41) is 3.32. The number of fused-ring (bicyclic) bond motifs is 1. The largest absolute Gasteiger partial charge is 0.307 e. The van der Waals surface area contributed by atoms with Gasteiger partial charge in [-0.05, 0) is 24.6 Å². The van der Waals surface area contributed by atoms with Crippen LogP contribution in [-0.4, -0.2) is 9.97 Å². The van der Waals surface area contributed by atoms with Crippen LogP contribution in [0.3, 0.4) is 0 Å². The zero-order valence-corrected chi connectivity index (χ0v) is 11.8. The lowest BCUT2D eigenvalue weighted by molar-refractivity contribution is 0.755. The highest BCUT2D eigenvalue weighted by atomic mass is 79.9. The van der Waals surface area contributed by atoms with Crippen molar-refractivity contribution >= 4 is 15.9 Å². The van der Waals surface area contributed by atoms with Crippen LogP contribution in [0.25, 0.3) is 0 Å². The van der Waals surface area contributed by atoms with Crippen molar-refractivity contribution in [1.29, 1.82) is 0 Å². The number of nitrogens with one attached hydrogen (secondary N) is 1. The molecule has 0 atom stereocenters. The lowest BCUT2D eigenvalue weighted by Crippen LogP contribution is -2.04. The highest BCUT2D eigenvalue weighted by molar-refractivity contribution is 9.10. The number of hydrogen-bond donors (Lipinski definition) is 1. The van der Waals surface area contributed by atoms with Gasteiger partial charge in [-0.3, -0.25) is 0 Å². The standard InChI is InChI=1S/C14H14BrN3/c1-9-12-7-16-8-13(12)18-14(17-9)6-10-2-4-11(15)5-3-10/h2-5,16H,6-8H2,1H3. The number of benzene rings is 1. The molecule has 0 saturated carbocycles. The molecule has 1 aliphatic heterocycles. The van der Waals surface area contributed by atoms with E-state index >= 15 is 0 Å². The zero-order valence-electron chi connectivity index (χ0n) is 10.2. The normalized spacial score (nSPS) is 13.7. The van der Waals surface area contributed by atoms with E-state index in [9.17, 15) is 0 Å². The molecule has 2 heterocycles. The predicted molar refractivity (Wildman–Crippen MR) is 74.3 cm³/mol. The highest BCUT2D eigenvalue weighted by Crippen LogP contribution is 2.18. The smallest absolute Gasteiger partial charge is 0.133 e. The van der Waals surface area contributed by atoms with Gasteiger partial charge in [0.25, 0.3) is 0 Å². The molecule has 1 aromatic heterocycles. The molecule has 0 saturated heterocycles. The summed E-state index contributed by atoms with van der Waals surface area (Å²) in [7, 11) is 0. The van der Waals surface area contributed by atoms with Gasteiger partial charge in [-0.2, -0.15) is 0 Å². The lowest BCUT2D eigenvalue weighted by Gasteiger charge is -2.06. The van der Waals surface area contributed by atoms with Gasteiger partial charge >= 0.3 is 0 Å². The average molecular weight is 304 g/mol. The van der Waals surface area contributed by atoms with Gasteiger partial charge in [-0.15, -0.1) is 0 Å². The van der Waals surface area contributed by atoms with Crippen molar-refractivity contribution < 1.29 is 0 Å². The molecular weight excluding hydrogens is 290 g/mol. The van der Waals surface area contributed by atoms with E-state index in [1.165, 1.54) is 11.1 Å². The van der Waals surface area contributed by atoms with E-state index in [4.69, 9.17) is 0 Å². The number of nitrogens with zero attached hydrogens (tertiary/aromatic N) is 2. The first-order chi connectivity index (χ1) is 8.72. The van der Waals surface area contributed by atoms with Gasteiger partial charge in [0, 0.05) is 35.2 Å². The van der Waals surface area contributed by atoms with E-state index in [0.29, 0.717) is 0 Å². The Balaban J connectivity index is 1.89. The summed E-state index contributed by atoms with van der Waals surface area (Å²) in [6.07, 6.45) is 0.793. The van der Waals surface area contributed by atoms with Crippen molar-refractivity contribution in [3.05, 3.63) is 57.1 Å². The van der Waals surface area contributed by atoms with Crippen molar-refractivity contribution in [2.45, 2.75) is 26.4 Å². The van der Waals surface area contributed by atoms with E-state index in [-0.39, 0.29) is 0 Å². The number of hydrogen-bond acceptors (Lipinski definition) is 3. The maximum Gasteiger partial charge on any atom is 0.133 e. The van der Waals surface area contributed by atoms with Gasteiger partial charge in [0.1, 0.15) is 5.82 Å². The molecule has 1 aliphatic rings. The van der Waals surface area contributed by atoms with Crippen molar-refractivity contribution in [2.75, 3.05) is 0 Å². The van der Waals surface area contributed by atoms with Crippen LogP contribution in [-0.2, 0) is 19.5 Å². The monoisotopic (exact) mass is 303 g/mol. The average Bonchev–Trinajstić information content (AvgIpc) is 2.81. The van der Waals surface area contributed by atoms with Gasteiger partial charge < -0.3 is 5.32 Å². The summed E-state index contributed by atoms with van der Waals surface area (Å²) in [6, 6.07) is 8.32. The molecular formula is C14H14BrN3. The van der Waals surface area contributed by atoms with Crippen molar-refractivity contribution in [3.63, 3.8) is 0 Å². The molecule has 1 N–H and O–H groups in total. The van der Waals surface area contributed by atoms with Gasteiger partial charge in [0.05, 0.1) is 5.69 Å². The van der Waals surface area contributed by atoms with Crippen LogP contribution < -0.4 is 5.32 Å². The fraction of sp³-hybridized carbons (Fsp3) is 0.286. The Labute approximate surface area is 115 Å². The van der Waals surface area contributed by atoms with E-state index < -0.39 is 0 Å². The molecule has 18 heavy (non-hydrogen) atoms. The Bertz CT molecular complexity index is 578. The Kier molecular flexibility index (Phi) is 3.14. The Morgan fingerprint density at radius 1 is 1.17 bits per heavy atom. The first kappa shape index (κ1) is 11.8. The summed E-state index contributed by atoms with van der Waals surface area (Å²) in [6.45, 7) is 3.84. The summed E-state index contributed by atoms with van der Waals surface area (Å²) in [5.41, 5.74) is 4.78. The Morgan fingerprint density at radius 2 is 1.94 bits per heavy atom. The molecule has 0 amide bonds. The minimum absolute atomic E-state index is 0.793. The van der Waals surface area contributed by atoms with E-state index in [2.05, 4.69) is 62.4 Å². The summed E-state index contributed by atoms with van der Waals surface area (Å²) >= 11 is 3.44. The Hall–Kier alpha value is -1.26. The second kappa shape index (κ2) is 4.78. The highest BCUT2D eigenvalue weighted by Gasteiger charge is 2.16. The minimum atomic E-state index is 0.793. The van der Waals surface area contributed by atoms with Gasteiger partial charge in [0.2, 0.25) is 0 Å². The van der Waals surface area contributed by atoms with Crippen molar-refractivity contribution in [3.8, 4) is 0 Å². The third-order valence-electron chi connectivity index (χ3n) is 3.22. The molecule has 4 heteroatoms. The van der Waals surface area contributed by atoms with Crippen LogP contribution in [0, 0.1) is 6.92 Å². The first-order valence-corrected chi connectivity index (χ1v) is 6.82. The second-order valence-corrected chi connectivity index (χ2v) is 5.47. The zero-order chi connectivity index (χ0) is 12.5. The molecule has 1 aromatic carbocycles. The van der Waals surface area contributed by atoms with Crippen molar-refractivity contribution in [1.82, 2.24) is 15.3 Å². The van der Waals surface area contributed by atoms with Crippen LogP contribution >= 0.6 is 15.9 Å². The van der Waals surface area contributed by atoms with E-state index in [0.717, 1.165) is 41.2 Å². The molecule has 0 unspecified atom stereocenters. The molecule has 0 aliphatic carbocycles. The van der Waals surface area contributed by atoms with Crippen LogP contribution in [0.1, 0.15) is 28.3 Å². The number of halogens is 1. The molecule has 3 nitrogen and oxygen atoms in total. The van der Waals surface area contributed by atoms with Gasteiger partial charge in [-0.25, -0.2) is 9.97 Å². The topological polar surface area (TPSA) is 37.8 Å². The maximum absolute atomic E-state index is 4.65. The molecule has 0 fully saturated rings. The van der Waals surface area contributed by atoms with Gasteiger partial charge in [-0.1, -0.05) is 28.1 Å². The van der Waals surface area contributed by atoms with Crippen molar-refractivity contribution in [2.24, 2.45) is 0 Å². The summed E-state index contributed by atoms with van der Waals surface area (Å²) in [5.74, 6) is 0.914. The van der Waals surface area contributed by atoms with Crippen LogP contribution in [0.15, 0.2) is 28.7 Å². The molecule has 0 spiro atoms. The van der Waals surface area contributed by atoms with Crippen LogP contribution in [0.4, 0.5) is 0 Å². The van der Waals surface area contributed by atoms with Crippen LogP contribution in [0.5, 0.6) is 0 Å². The first-order valence-electron chi connectivity index (χ1n) is 6.03. The minimum Gasteiger partial charge on any atom is -0.307 e. The Morgan fingerprint density at radius 3 is 2.72 bits per heavy atom.